The summed E-state index contributed by atoms with van der Waals surface area (Å²) in [4.78, 5) is 24.1. The number of carbonyl (C=O) groups excluding carboxylic acids is 2. The summed E-state index contributed by atoms with van der Waals surface area (Å²) in [6.07, 6.45) is 1.16. The minimum Gasteiger partial charge on any atom is -0.497 e. The molecule has 0 saturated heterocycles. The Morgan fingerprint density at radius 1 is 1.11 bits per heavy atom. The zero-order chi connectivity index (χ0) is 20.5. The number of esters is 1. The molecule has 0 aliphatic carbocycles. The zero-order valence-corrected chi connectivity index (χ0v) is 16.2. The molecule has 0 radical (unpaired) electrons. The number of ether oxygens (including phenoxy) is 2. The molecule has 0 saturated carbocycles. The number of methoxy groups -OCH3 is 2. The number of allylic oxidation sites excluding steroid dienone is 1. The van der Waals surface area contributed by atoms with Gasteiger partial charge < -0.3 is 14.8 Å². The first-order valence-electron chi connectivity index (χ1n) is 8.16. The van der Waals surface area contributed by atoms with E-state index in [1.807, 2.05) is 0 Å². The molecule has 1 aliphatic rings. The Balaban J connectivity index is 2.00. The van der Waals surface area contributed by atoms with E-state index in [4.69, 9.17) is 4.74 Å². The highest BCUT2D eigenvalue weighted by Crippen LogP contribution is 2.34. The van der Waals surface area contributed by atoms with Crippen LogP contribution >= 0.6 is 0 Å². The first kappa shape index (κ1) is 19.4. The van der Waals surface area contributed by atoms with Crippen molar-refractivity contribution in [1.29, 1.82) is 0 Å². The smallest absolute Gasteiger partial charge is 0.337 e. The van der Waals surface area contributed by atoms with Gasteiger partial charge in [-0.15, -0.1) is 0 Å². The predicted octanol–water partition coefficient (Wildman–Crippen LogP) is 2.40. The van der Waals surface area contributed by atoms with Crippen molar-refractivity contribution >= 4 is 33.2 Å². The van der Waals surface area contributed by atoms with Gasteiger partial charge in [0.15, 0.2) is 4.91 Å². The van der Waals surface area contributed by atoms with Crippen molar-refractivity contribution in [1.82, 2.24) is 0 Å². The molecule has 0 spiro atoms. The summed E-state index contributed by atoms with van der Waals surface area (Å²) in [6, 6.07) is 10.9. The number of carbonyl (C=O) groups is 2. The number of hydrogen-bond donors (Lipinski definition) is 1. The Hall–Kier alpha value is -3.33. The number of ketones is 1. The van der Waals surface area contributed by atoms with E-state index >= 15 is 0 Å². The monoisotopic (exact) mass is 402 g/mol. The Morgan fingerprint density at radius 2 is 1.79 bits per heavy atom. The summed E-state index contributed by atoms with van der Waals surface area (Å²) in [5.41, 5.74) is 1.04. The first-order valence-corrected chi connectivity index (χ1v) is 9.60. The van der Waals surface area contributed by atoms with Crippen LogP contribution in [0.15, 0.2) is 53.6 Å². The Morgan fingerprint density at radius 3 is 2.39 bits per heavy atom. The lowest BCUT2D eigenvalue weighted by molar-refractivity contribution is 0.0600. The number of fused-ring (bicyclic) bond motifs is 1. The molecule has 0 atom stereocenters. The number of rotatable bonds is 4. The zero-order valence-electron chi connectivity index (χ0n) is 15.4. The second kappa shape index (κ2) is 7.35. The predicted molar refractivity (Wildman–Crippen MR) is 104 cm³/mol. The van der Waals surface area contributed by atoms with E-state index in [1.54, 1.807) is 24.3 Å². The summed E-state index contributed by atoms with van der Waals surface area (Å²) < 4.78 is 36.3. The third-order valence-electron chi connectivity index (χ3n) is 4.32. The number of anilines is 2. The molecule has 28 heavy (non-hydrogen) atoms. The van der Waals surface area contributed by atoms with Gasteiger partial charge in [0, 0.05) is 24.5 Å². The molecule has 0 aromatic heterocycles. The SMILES string of the molecule is COC(=O)c1ccc2c(c1)N(C)S(=O)(=O)C(=CNc1ccc(OC)cc1)C2=O. The van der Waals surface area contributed by atoms with Crippen LogP contribution in [0.2, 0.25) is 0 Å². The van der Waals surface area contributed by atoms with Crippen LogP contribution in [0.25, 0.3) is 0 Å². The number of Topliss-reactive ketones (excluding diaryl/α,β-unsaturated/α-hetero) is 1. The number of nitrogens with one attached hydrogen (secondary N) is 1. The van der Waals surface area contributed by atoms with Crippen molar-refractivity contribution in [3.05, 3.63) is 64.7 Å². The molecular formula is C19H18N2O6S. The fourth-order valence-electron chi connectivity index (χ4n) is 2.73. The lowest BCUT2D eigenvalue weighted by Gasteiger charge is -2.28. The average Bonchev–Trinajstić information content (AvgIpc) is 2.71. The highest BCUT2D eigenvalue weighted by atomic mass is 32.2. The average molecular weight is 402 g/mol. The summed E-state index contributed by atoms with van der Waals surface area (Å²) in [5.74, 6) is -0.635. The normalized spacial score (nSPS) is 16.5. The summed E-state index contributed by atoms with van der Waals surface area (Å²) >= 11 is 0. The molecule has 2 aromatic rings. The van der Waals surface area contributed by atoms with Gasteiger partial charge in [-0.1, -0.05) is 0 Å². The maximum Gasteiger partial charge on any atom is 0.337 e. The minimum atomic E-state index is -4.09. The standard InChI is InChI=1S/C19H18N2O6S/c1-21-16-10-12(19(23)27-3)4-9-15(16)18(22)17(28(21,24)25)11-20-13-5-7-14(26-2)8-6-13/h4-11,20H,1-3H3. The van der Waals surface area contributed by atoms with Gasteiger partial charge in [-0.05, 0) is 42.5 Å². The number of hydrogen-bond acceptors (Lipinski definition) is 7. The number of sulfonamides is 1. The van der Waals surface area contributed by atoms with Crippen LogP contribution in [0, 0.1) is 0 Å². The second-order valence-corrected chi connectivity index (χ2v) is 7.84. The minimum absolute atomic E-state index is 0.120. The van der Waals surface area contributed by atoms with Crippen molar-refractivity contribution in [3.8, 4) is 5.75 Å². The molecule has 3 rings (SSSR count). The third-order valence-corrected chi connectivity index (χ3v) is 6.10. The van der Waals surface area contributed by atoms with Crippen LogP contribution in [-0.2, 0) is 14.8 Å². The van der Waals surface area contributed by atoms with Gasteiger partial charge in [0.25, 0.3) is 10.0 Å². The molecule has 0 unspecified atom stereocenters. The van der Waals surface area contributed by atoms with Crippen LogP contribution in [0.3, 0.4) is 0 Å². The molecule has 2 aromatic carbocycles. The molecule has 0 bridgehead atoms. The van der Waals surface area contributed by atoms with Crippen molar-refractivity contribution in [2.45, 2.75) is 0 Å². The molecule has 9 heteroatoms. The largest absolute Gasteiger partial charge is 0.497 e. The summed E-state index contributed by atoms with van der Waals surface area (Å²) in [7, 11) is -0.00952. The summed E-state index contributed by atoms with van der Waals surface area (Å²) in [5, 5.41) is 2.82. The van der Waals surface area contributed by atoms with Crippen molar-refractivity contribution in [2.24, 2.45) is 0 Å². The van der Waals surface area contributed by atoms with Crippen LogP contribution < -0.4 is 14.4 Å². The topological polar surface area (TPSA) is 102 Å². The first-order chi connectivity index (χ1) is 13.3. The third kappa shape index (κ3) is 3.31. The molecule has 0 amide bonds. The quantitative estimate of drug-likeness (QED) is 0.619. The summed E-state index contributed by atoms with van der Waals surface area (Å²) in [6.45, 7) is 0. The highest BCUT2D eigenvalue weighted by Gasteiger charge is 2.38. The van der Waals surface area contributed by atoms with Crippen molar-refractivity contribution in [2.75, 3.05) is 30.9 Å². The highest BCUT2D eigenvalue weighted by molar-refractivity contribution is 7.97. The van der Waals surface area contributed by atoms with E-state index in [-0.39, 0.29) is 16.8 Å². The molecular weight excluding hydrogens is 384 g/mol. The fourth-order valence-corrected chi connectivity index (χ4v) is 3.99. The van der Waals surface area contributed by atoms with Crippen LogP contribution in [0.5, 0.6) is 5.75 Å². The van der Waals surface area contributed by atoms with E-state index in [1.165, 1.54) is 39.5 Å². The van der Waals surface area contributed by atoms with Gasteiger partial charge >= 0.3 is 5.97 Å². The van der Waals surface area contributed by atoms with Crippen molar-refractivity contribution in [3.63, 3.8) is 0 Å². The van der Waals surface area contributed by atoms with E-state index in [2.05, 4.69) is 10.1 Å². The Bertz CT molecular complexity index is 1070. The lowest BCUT2D eigenvalue weighted by Crippen LogP contribution is -2.37. The number of benzene rings is 2. The lowest BCUT2D eigenvalue weighted by atomic mass is 10.0. The van der Waals surface area contributed by atoms with E-state index < -0.39 is 26.7 Å². The van der Waals surface area contributed by atoms with E-state index in [0.717, 1.165) is 10.5 Å². The maximum absolute atomic E-state index is 12.8. The van der Waals surface area contributed by atoms with Crippen LogP contribution in [0.4, 0.5) is 11.4 Å². The Labute approximate surface area is 162 Å². The van der Waals surface area contributed by atoms with Crippen molar-refractivity contribution < 1.29 is 27.5 Å². The maximum atomic E-state index is 12.8. The van der Waals surface area contributed by atoms with E-state index in [0.29, 0.717) is 11.4 Å². The van der Waals surface area contributed by atoms with Crippen LogP contribution in [0.1, 0.15) is 20.7 Å². The molecule has 8 nitrogen and oxygen atoms in total. The molecule has 0 fully saturated rings. The molecule has 146 valence electrons. The number of nitrogens with zero attached hydrogens (tertiary/aromatic N) is 1. The van der Waals surface area contributed by atoms with Gasteiger partial charge in [-0.25, -0.2) is 13.2 Å². The van der Waals surface area contributed by atoms with Crippen LogP contribution in [-0.4, -0.2) is 41.4 Å². The fraction of sp³-hybridized carbons (Fsp3) is 0.158. The van der Waals surface area contributed by atoms with Gasteiger partial charge in [0.05, 0.1) is 25.5 Å². The van der Waals surface area contributed by atoms with Gasteiger partial charge in [0.1, 0.15) is 5.75 Å². The molecule has 1 aliphatic heterocycles. The Kier molecular flexibility index (Phi) is 5.10. The van der Waals surface area contributed by atoms with Gasteiger partial charge in [0.2, 0.25) is 5.78 Å². The second-order valence-electron chi connectivity index (χ2n) is 5.91. The molecule has 1 heterocycles. The van der Waals surface area contributed by atoms with E-state index in [9.17, 15) is 18.0 Å². The van der Waals surface area contributed by atoms with Gasteiger partial charge in [-0.3, -0.25) is 9.10 Å². The van der Waals surface area contributed by atoms with Gasteiger partial charge in [-0.2, -0.15) is 0 Å². The molecule has 1 N–H and O–H groups in total.